The Labute approximate surface area is 196 Å². The minimum absolute atomic E-state index is 0.155. The zero-order valence-corrected chi connectivity index (χ0v) is 19.9. The zero-order chi connectivity index (χ0) is 24.8. The second-order valence-corrected chi connectivity index (χ2v) is 9.71. The molecule has 1 aliphatic rings. The smallest absolute Gasteiger partial charge is 0.280 e. The molecule has 3 aromatic rings. The van der Waals surface area contributed by atoms with Gasteiger partial charge in [0.15, 0.2) is 0 Å². The fourth-order valence-electron chi connectivity index (χ4n) is 3.82. The minimum atomic E-state index is -0.518. The lowest BCUT2D eigenvalue weighted by atomic mass is 9.93. The Balaban J connectivity index is 1.78. The normalized spacial score (nSPS) is 13.7. The molecule has 0 saturated carbocycles. The maximum absolute atomic E-state index is 13.3. The Hall–Kier alpha value is -3.60. The molecule has 1 aliphatic heterocycles. The largest absolute Gasteiger partial charge is 0.331 e. The first-order chi connectivity index (χ1) is 16.0. The van der Waals surface area contributed by atoms with E-state index in [-0.39, 0.29) is 41.5 Å². The van der Waals surface area contributed by atoms with Crippen LogP contribution >= 0.6 is 0 Å². The van der Waals surface area contributed by atoms with Gasteiger partial charge in [-0.25, -0.2) is 9.37 Å². The van der Waals surface area contributed by atoms with Crippen LogP contribution in [0.1, 0.15) is 42.5 Å². The predicted octanol–water partition coefficient (Wildman–Crippen LogP) is 1.48. The number of halogens is 1. The minimum Gasteiger partial charge on any atom is -0.331 e. The zero-order valence-electron chi connectivity index (χ0n) is 19.9. The van der Waals surface area contributed by atoms with Crippen LogP contribution in [0.15, 0.2) is 29.2 Å². The second-order valence-electron chi connectivity index (χ2n) is 9.71. The molecule has 1 N–H and O–H groups in total. The van der Waals surface area contributed by atoms with Gasteiger partial charge in [0.05, 0.1) is 24.0 Å². The lowest BCUT2D eigenvalue weighted by Gasteiger charge is -2.18. The molecule has 0 saturated heterocycles. The van der Waals surface area contributed by atoms with E-state index >= 15 is 0 Å². The molecule has 3 aromatic heterocycles. The number of hydrogen-bond donors (Lipinski definition) is 1. The van der Waals surface area contributed by atoms with Gasteiger partial charge in [-0.3, -0.25) is 14.4 Å². The first-order valence-electron chi connectivity index (χ1n) is 11.0. The van der Waals surface area contributed by atoms with E-state index in [1.807, 2.05) is 39.8 Å². The number of likely N-dealkylation sites (N-methyl/N-ethyl adjacent to an activating group) is 1. The van der Waals surface area contributed by atoms with Crippen molar-refractivity contribution < 1.29 is 14.0 Å². The molecule has 4 heterocycles. The van der Waals surface area contributed by atoms with Crippen LogP contribution in [0.4, 0.5) is 10.2 Å². The highest BCUT2D eigenvalue weighted by Crippen LogP contribution is 2.26. The number of rotatable bonds is 6. The topological polar surface area (TPSA) is 105 Å². The van der Waals surface area contributed by atoms with E-state index in [4.69, 9.17) is 0 Å². The van der Waals surface area contributed by atoms with E-state index in [1.165, 1.54) is 21.2 Å². The van der Waals surface area contributed by atoms with Crippen molar-refractivity contribution in [2.45, 2.75) is 39.3 Å². The van der Waals surface area contributed by atoms with Gasteiger partial charge in [0.25, 0.3) is 11.5 Å². The number of pyridine rings is 1. The Bertz CT molecular complexity index is 1320. The van der Waals surface area contributed by atoms with Crippen molar-refractivity contribution in [1.82, 2.24) is 29.0 Å². The Morgan fingerprint density at radius 3 is 2.59 bits per heavy atom. The quantitative estimate of drug-likeness (QED) is 0.587. The van der Waals surface area contributed by atoms with Crippen LogP contribution in [0.25, 0.3) is 5.65 Å². The van der Waals surface area contributed by atoms with Gasteiger partial charge in [0.1, 0.15) is 29.5 Å². The molecule has 0 fully saturated rings. The molecule has 0 radical (unpaired) electrons. The highest BCUT2D eigenvalue weighted by atomic mass is 19.1. The fourth-order valence-corrected chi connectivity index (χ4v) is 3.82. The standard InChI is InChI=1S/C23H28FN7O3/c1-23(2,3)16-10-19-30(13-18(32)26-17-7-6-14(24)11-25-17)20-15(21(33)31(19)27-16)12-29(22(20)34)9-8-28(4)5/h6-7,10-11H,8-9,12-13H2,1-5H3,(H,25,26,32). The van der Waals surface area contributed by atoms with Crippen molar-refractivity contribution in [1.29, 1.82) is 0 Å². The van der Waals surface area contributed by atoms with Crippen molar-refractivity contribution in [3.8, 4) is 0 Å². The van der Waals surface area contributed by atoms with Crippen LogP contribution in [0, 0.1) is 5.82 Å². The summed E-state index contributed by atoms with van der Waals surface area (Å²) >= 11 is 0. The summed E-state index contributed by atoms with van der Waals surface area (Å²) in [5, 5.41) is 7.12. The van der Waals surface area contributed by atoms with Gasteiger partial charge < -0.3 is 19.7 Å². The van der Waals surface area contributed by atoms with E-state index < -0.39 is 11.7 Å². The van der Waals surface area contributed by atoms with Crippen LogP contribution in [-0.4, -0.2) is 68.0 Å². The summed E-state index contributed by atoms with van der Waals surface area (Å²) in [7, 11) is 3.81. The van der Waals surface area contributed by atoms with Gasteiger partial charge in [-0.05, 0) is 26.2 Å². The van der Waals surface area contributed by atoms with Crippen molar-refractivity contribution in [3.05, 3.63) is 57.5 Å². The molecule has 0 unspecified atom stereocenters. The second kappa shape index (κ2) is 8.64. The van der Waals surface area contributed by atoms with Gasteiger partial charge in [-0.1, -0.05) is 20.8 Å². The molecule has 0 aromatic carbocycles. The van der Waals surface area contributed by atoms with E-state index in [2.05, 4.69) is 15.4 Å². The average molecular weight is 470 g/mol. The van der Waals surface area contributed by atoms with E-state index in [1.54, 1.807) is 11.0 Å². The molecule has 0 bridgehead atoms. The van der Waals surface area contributed by atoms with Crippen LogP contribution in [0.3, 0.4) is 0 Å². The summed E-state index contributed by atoms with van der Waals surface area (Å²) in [4.78, 5) is 46.9. The SMILES string of the molecule is CN(C)CCN1Cc2c(n(CC(=O)Nc3ccc(F)cn3)c3cc(C(C)(C)C)nn3c2=O)C1=O. The van der Waals surface area contributed by atoms with Crippen molar-refractivity contribution in [2.75, 3.05) is 32.5 Å². The molecule has 11 heteroatoms. The molecular weight excluding hydrogens is 441 g/mol. The number of amides is 2. The molecule has 2 amide bonds. The molecule has 0 atom stereocenters. The van der Waals surface area contributed by atoms with Crippen molar-refractivity contribution in [3.63, 3.8) is 0 Å². The lowest BCUT2D eigenvalue weighted by molar-refractivity contribution is -0.116. The summed E-state index contributed by atoms with van der Waals surface area (Å²) in [5.41, 5.74) is 0.825. The molecule has 0 spiro atoms. The van der Waals surface area contributed by atoms with E-state index in [0.717, 1.165) is 6.20 Å². The van der Waals surface area contributed by atoms with Crippen LogP contribution < -0.4 is 10.9 Å². The molecular formula is C23H28FN7O3. The summed E-state index contributed by atoms with van der Waals surface area (Å²) in [6.07, 6.45) is 1.00. The monoisotopic (exact) mass is 469 g/mol. The highest BCUT2D eigenvalue weighted by Gasteiger charge is 2.35. The number of fused-ring (bicyclic) bond motifs is 2. The summed E-state index contributed by atoms with van der Waals surface area (Å²) < 4.78 is 16.0. The van der Waals surface area contributed by atoms with Crippen LogP contribution in [-0.2, 0) is 23.3 Å². The fraction of sp³-hybridized carbons (Fsp3) is 0.435. The summed E-state index contributed by atoms with van der Waals surface area (Å²) in [6.45, 7) is 6.91. The first kappa shape index (κ1) is 23.6. The van der Waals surface area contributed by atoms with E-state index in [0.29, 0.717) is 30.0 Å². The number of carbonyl (C=O) groups excluding carboxylic acids is 2. The van der Waals surface area contributed by atoms with Gasteiger partial charge in [-0.2, -0.15) is 9.61 Å². The number of nitrogens with zero attached hydrogens (tertiary/aromatic N) is 6. The third-order valence-electron chi connectivity index (χ3n) is 5.69. The maximum atomic E-state index is 13.3. The number of nitrogens with one attached hydrogen (secondary N) is 1. The third-order valence-corrected chi connectivity index (χ3v) is 5.69. The Kier molecular flexibility index (Phi) is 5.98. The molecule has 10 nitrogen and oxygen atoms in total. The number of anilines is 1. The van der Waals surface area contributed by atoms with Gasteiger partial charge >= 0.3 is 0 Å². The first-order valence-corrected chi connectivity index (χ1v) is 11.0. The molecule has 180 valence electrons. The molecule has 0 aliphatic carbocycles. The van der Waals surface area contributed by atoms with E-state index in [9.17, 15) is 18.8 Å². The van der Waals surface area contributed by atoms with Gasteiger partial charge in [-0.15, -0.1) is 0 Å². The number of aromatic nitrogens is 4. The van der Waals surface area contributed by atoms with Crippen LogP contribution in [0.2, 0.25) is 0 Å². The Morgan fingerprint density at radius 1 is 1.24 bits per heavy atom. The van der Waals surface area contributed by atoms with Crippen molar-refractivity contribution >= 4 is 23.3 Å². The van der Waals surface area contributed by atoms with Gasteiger partial charge in [0, 0.05) is 24.6 Å². The highest BCUT2D eigenvalue weighted by molar-refractivity contribution is 5.98. The lowest BCUT2D eigenvalue weighted by Crippen LogP contribution is -2.33. The van der Waals surface area contributed by atoms with Crippen LogP contribution in [0.5, 0.6) is 0 Å². The molecule has 4 rings (SSSR count). The average Bonchev–Trinajstić information content (AvgIpc) is 3.34. The van der Waals surface area contributed by atoms with Crippen molar-refractivity contribution in [2.24, 2.45) is 0 Å². The number of hydrogen-bond acceptors (Lipinski definition) is 6. The molecule has 34 heavy (non-hydrogen) atoms. The number of carbonyl (C=O) groups is 2. The third kappa shape index (κ3) is 4.43. The predicted molar refractivity (Wildman–Crippen MR) is 124 cm³/mol. The summed E-state index contributed by atoms with van der Waals surface area (Å²) in [6, 6.07) is 4.28. The van der Waals surface area contributed by atoms with Gasteiger partial charge in [0.2, 0.25) is 5.91 Å². The maximum Gasteiger partial charge on any atom is 0.280 e. The summed E-state index contributed by atoms with van der Waals surface area (Å²) in [5.74, 6) is -1.11. The Morgan fingerprint density at radius 2 is 1.97 bits per heavy atom.